The van der Waals surface area contributed by atoms with Gasteiger partial charge in [0, 0.05) is 18.1 Å². The minimum Gasteiger partial charge on any atom is -0.354 e. The molecule has 1 aromatic carbocycles. The third-order valence-corrected chi connectivity index (χ3v) is 5.20. The number of nitrogens with one attached hydrogen (secondary N) is 1. The molecule has 1 N–H and O–H groups in total. The van der Waals surface area contributed by atoms with Gasteiger partial charge in [0.05, 0.1) is 6.04 Å². The summed E-state index contributed by atoms with van der Waals surface area (Å²) >= 11 is 1.65. The summed E-state index contributed by atoms with van der Waals surface area (Å²) in [6.07, 6.45) is 4.39. The lowest BCUT2D eigenvalue weighted by Crippen LogP contribution is -2.50. The van der Waals surface area contributed by atoms with Crippen molar-refractivity contribution >= 4 is 17.7 Å². The molecule has 3 nitrogen and oxygen atoms in total. The zero-order valence-corrected chi connectivity index (χ0v) is 14.7. The summed E-state index contributed by atoms with van der Waals surface area (Å²) in [6, 6.07) is 6.90. The van der Waals surface area contributed by atoms with Gasteiger partial charge in [0.2, 0.25) is 5.91 Å². The van der Waals surface area contributed by atoms with Gasteiger partial charge in [0.1, 0.15) is 5.82 Å². The van der Waals surface area contributed by atoms with Gasteiger partial charge in [0.15, 0.2) is 0 Å². The molecule has 1 aliphatic rings. The van der Waals surface area contributed by atoms with Crippen molar-refractivity contribution in [3.8, 4) is 0 Å². The zero-order chi connectivity index (χ0) is 16.5. The predicted octanol–water partition coefficient (Wildman–Crippen LogP) is 3.44. The lowest BCUT2D eigenvalue weighted by Gasteiger charge is -2.34. The molecule has 23 heavy (non-hydrogen) atoms. The third kappa shape index (κ3) is 5.81. The maximum absolute atomic E-state index is 13.5. The smallest absolute Gasteiger partial charge is 0.237 e. The van der Waals surface area contributed by atoms with Gasteiger partial charge in [-0.05, 0) is 44.0 Å². The fraction of sp³-hybridized carbons (Fsp3) is 0.611. The van der Waals surface area contributed by atoms with Crippen molar-refractivity contribution in [1.29, 1.82) is 0 Å². The molecular formula is C18H27FN2OS. The van der Waals surface area contributed by atoms with Crippen LogP contribution in [0.2, 0.25) is 0 Å². The van der Waals surface area contributed by atoms with E-state index in [-0.39, 0.29) is 17.8 Å². The van der Waals surface area contributed by atoms with Crippen LogP contribution in [0.25, 0.3) is 0 Å². The molecule has 0 radical (unpaired) electrons. The highest BCUT2D eigenvalue weighted by Crippen LogP contribution is 2.18. The Bertz CT molecular complexity index is 496. The molecule has 2 rings (SSSR count). The molecule has 1 aliphatic heterocycles. The van der Waals surface area contributed by atoms with Gasteiger partial charge in [-0.3, -0.25) is 9.69 Å². The van der Waals surface area contributed by atoms with E-state index in [1.165, 1.54) is 12.5 Å². The first kappa shape index (κ1) is 18.3. The Morgan fingerprint density at radius 2 is 2.22 bits per heavy atom. The van der Waals surface area contributed by atoms with Gasteiger partial charge in [-0.15, -0.1) is 0 Å². The fourth-order valence-corrected chi connectivity index (χ4v) is 3.85. The lowest BCUT2D eigenvalue weighted by molar-refractivity contribution is -0.127. The molecule has 128 valence electrons. The number of hydrogen-bond donors (Lipinski definition) is 1. The number of halogens is 1. The number of hydrogen-bond acceptors (Lipinski definition) is 3. The summed E-state index contributed by atoms with van der Waals surface area (Å²) in [6.45, 7) is 4.84. The molecule has 0 bridgehead atoms. The Morgan fingerprint density at radius 3 is 3.00 bits per heavy atom. The number of carbonyl (C=O) groups is 1. The maximum atomic E-state index is 13.5. The van der Waals surface area contributed by atoms with E-state index in [1.807, 2.05) is 12.1 Å². The van der Waals surface area contributed by atoms with Crippen LogP contribution in [0.4, 0.5) is 4.39 Å². The molecule has 0 spiro atoms. The second-order valence-corrected chi connectivity index (χ2v) is 7.09. The Hall–Kier alpha value is -1.07. The molecule has 0 aliphatic carbocycles. The fourth-order valence-electron chi connectivity index (χ4n) is 3.00. The molecular weight excluding hydrogens is 311 g/mol. The SMILES string of the molecule is CCCN1CCCCC1C(=O)NCCSCc1ccccc1F. The van der Waals surface area contributed by atoms with Gasteiger partial charge in [-0.1, -0.05) is 31.5 Å². The van der Waals surface area contributed by atoms with E-state index in [2.05, 4.69) is 17.1 Å². The molecule has 1 saturated heterocycles. The second kappa shape index (κ2) is 9.93. The lowest BCUT2D eigenvalue weighted by atomic mass is 10.0. The number of thioether (sulfide) groups is 1. The predicted molar refractivity (Wildman–Crippen MR) is 95.1 cm³/mol. The third-order valence-electron chi connectivity index (χ3n) is 4.19. The number of carbonyl (C=O) groups excluding carboxylic acids is 1. The second-order valence-electron chi connectivity index (χ2n) is 5.98. The van der Waals surface area contributed by atoms with Crippen molar-refractivity contribution < 1.29 is 9.18 Å². The normalized spacial score (nSPS) is 18.8. The maximum Gasteiger partial charge on any atom is 0.237 e. The quantitative estimate of drug-likeness (QED) is 0.737. The molecule has 1 fully saturated rings. The first-order valence-corrected chi connectivity index (χ1v) is 9.70. The summed E-state index contributed by atoms with van der Waals surface area (Å²) in [5.74, 6) is 1.46. The van der Waals surface area contributed by atoms with Crippen LogP contribution in [0.15, 0.2) is 24.3 Å². The van der Waals surface area contributed by atoms with Crippen LogP contribution in [0.1, 0.15) is 38.2 Å². The van der Waals surface area contributed by atoms with Crippen molar-refractivity contribution in [1.82, 2.24) is 10.2 Å². The van der Waals surface area contributed by atoms with Crippen LogP contribution < -0.4 is 5.32 Å². The van der Waals surface area contributed by atoms with Crippen LogP contribution in [-0.2, 0) is 10.5 Å². The Labute approximate surface area is 143 Å². The molecule has 1 amide bonds. The number of rotatable bonds is 8. The molecule has 1 heterocycles. The summed E-state index contributed by atoms with van der Waals surface area (Å²) in [5, 5.41) is 3.05. The Balaban J connectivity index is 1.67. The molecule has 1 aromatic rings. The zero-order valence-electron chi connectivity index (χ0n) is 13.9. The summed E-state index contributed by atoms with van der Waals surface area (Å²) < 4.78 is 13.5. The van der Waals surface area contributed by atoms with Crippen molar-refractivity contribution in [2.75, 3.05) is 25.4 Å². The van der Waals surface area contributed by atoms with E-state index >= 15 is 0 Å². The highest BCUT2D eigenvalue weighted by molar-refractivity contribution is 7.98. The summed E-state index contributed by atoms with van der Waals surface area (Å²) in [7, 11) is 0. The van der Waals surface area contributed by atoms with Crippen molar-refractivity contribution in [2.45, 2.75) is 44.4 Å². The van der Waals surface area contributed by atoms with E-state index in [4.69, 9.17) is 0 Å². The average molecular weight is 338 g/mol. The number of benzene rings is 1. The van der Waals surface area contributed by atoms with Gasteiger partial charge < -0.3 is 5.32 Å². The van der Waals surface area contributed by atoms with Gasteiger partial charge in [-0.2, -0.15) is 11.8 Å². The van der Waals surface area contributed by atoms with Crippen molar-refractivity contribution in [3.05, 3.63) is 35.6 Å². The van der Waals surface area contributed by atoms with Crippen LogP contribution in [0, 0.1) is 5.82 Å². The van der Waals surface area contributed by atoms with Crippen LogP contribution in [-0.4, -0.2) is 42.2 Å². The molecule has 1 unspecified atom stereocenters. The van der Waals surface area contributed by atoms with Crippen molar-refractivity contribution in [2.24, 2.45) is 0 Å². The van der Waals surface area contributed by atoms with E-state index in [9.17, 15) is 9.18 Å². The minimum absolute atomic E-state index is 0.0419. The van der Waals surface area contributed by atoms with E-state index in [0.717, 1.165) is 43.7 Å². The van der Waals surface area contributed by atoms with Crippen LogP contribution in [0.5, 0.6) is 0 Å². The van der Waals surface area contributed by atoms with Gasteiger partial charge in [-0.25, -0.2) is 4.39 Å². The summed E-state index contributed by atoms with van der Waals surface area (Å²) in [5.41, 5.74) is 0.727. The number of nitrogens with zero attached hydrogens (tertiary/aromatic N) is 1. The molecule has 1 atom stereocenters. The molecule has 0 saturated carbocycles. The van der Waals surface area contributed by atoms with Crippen molar-refractivity contribution in [3.63, 3.8) is 0 Å². The van der Waals surface area contributed by atoms with E-state index in [1.54, 1.807) is 17.8 Å². The highest BCUT2D eigenvalue weighted by atomic mass is 32.2. The average Bonchev–Trinajstić information content (AvgIpc) is 2.57. The first-order valence-electron chi connectivity index (χ1n) is 8.55. The molecule has 0 aromatic heterocycles. The number of amides is 1. The van der Waals surface area contributed by atoms with Gasteiger partial charge in [0.25, 0.3) is 0 Å². The molecule has 5 heteroatoms. The standard InChI is InChI=1S/C18H27FN2OS/c1-2-11-21-12-6-5-9-17(21)18(22)20-10-13-23-14-15-7-3-4-8-16(15)19/h3-4,7-8,17H,2,5-6,9-14H2,1H3,(H,20,22). The largest absolute Gasteiger partial charge is 0.354 e. The first-order chi connectivity index (χ1) is 11.2. The Kier molecular flexibility index (Phi) is 7.89. The summed E-state index contributed by atoms with van der Waals surface area (Å²) in [4.78, 5) is 14.7. The minimum atomic E-state index is -0.151. The Morgan fingerprint density at radius 1 is 1.39 bits per heavy atom. The topological polar surface area (TPSA) is 32.3 Å². The van der Waals surface area contributed by atoms with Crippen LogP contribution in [0.3, 0.4) is 0 Å². The highest BCUT2D eigenvalue weighted by Gasteiger charge is 2.27. The number of piperidine rings is 1. The van der Waals surface area contributed by atoms with E-state index in [0.29, 0.717) is 12.3 Å². The van der Waals surface area contributed by atoms with E-state index < -0.39 is 0 Å². The number of likely N-dealkylation sites (tertiary alicyclic amines) is 1. The van der Waals surface area contributed by atoms with Gasteiger partial charge >= 0.3 is 0 Å². The van der Waals surface area contributed by atoms with Crippen LogP contribution >= 0.6 is 11.8 Å². The monoisotopic (exact) mass is 338 g/mol.